The minimum absolute atomic E-state index is 0.0212. The molecule has 1 aromatic carbocycles. The third-order valence-electron chi connectivity index (χ3n) is 4.11. The Morgan fingerprint density at radius 3 is 2.76 bits per heavy atom. The van der Waals surface area contributed by atoms with Crippen LogP contribution in [0.5, 0.6) is 0 Å². The minimum atomic E-state index is -0.0823. The predicted molar refractivity (Wildman–Crippen MR) is 101 cm³/mol. The second-order valence-corrected chi connectivity index (χ2v) is 8.04. The van der Waals surface area contributed by atoms with Gasteiger partial charge in [0.2, 0.25) is 16.9 Å². The van der Waals surface area contributed by atoms with Gasteiger partial charge in [0.05, 0.1) is 5.75 Å². The molecule has 1 aliphatic carbocycles. The number of benzene rings is 1. The van der Waals surface area contributed by atoms with E-state index in [-0.39, 0.29) is 23.5 Å². The molecule has 2 amide bonds. The number of rotatable bonds is 7. The molecule has 3 rings (SSSR count). The molecule has 0 atom stereocenters. The summed E-state index contributed by atoms with van der Waals surface area (Å²) in [5.41, 5.74) is 1.96. The molecule has 1 aliphatic rings. The first-order valence-corrected chi connectivity index (χ1v) is 10.1. The first-order chi connectivity index (χ1) is 12.2. The van der Waals surface area contributed by atoms with E-state index in [4.69, 9.17) is 0 Å². The van der Waals surface area contributed by atoms with Gasteiger partial charge in [0.15, 0.2) is 4.34 Å². The summed E-state index contributed by atoms with van der Waals surface area (Å²) in [6, 6.07) is 7.78. The van der Waals surface area contributed by atoms with Crippen LogP contribution in [-0.4, -0.2) is 27.8 Å². The molecule has 25 heavy (non-hydrogen) atoms. The standard InChI is InChI=1S/C17H20N4O2S2/c1-2-11-6-3-4-9-13(11)18-14(22)10-24-17-21-20-16(25-17)19-15(23)12-7-5-8-12/h3-4,6,9,12H,2,5,7-8,10H2,1H3,(H,18,22)(H,19,20,23). The summed E-state index contributed by atoms with van der Waals surface area (Å²) < 4.78 is 0.669. The Bertz CT molecular complexity index is 759. The van der Waals surface area contributed by atoms with E-state index in [1.165, 1.54) is 23.1 Å². The van der Waals surface area contributed by atoms with Crippen LogP contribution in [0.3, 0.4) is 0 Å². The summed E-state index contributed by atoms with van der Waals surface area (Å²) >= 11 is 2.62. The van der Waals surface area contributed by atoms with Gasteiger partial charge in [-0.15, -0.1) is 10.2 Å². The molecule has 0 saturated heterocycles. The summed E-state index contributed by atoms with van der Waals surface area (Å²) in [7, 11) is 0. The number of amides is 2. The van der Waals surface area contributed by atoms with Crippen molar-refractivity contribution in [2.75, 3.05) is 16.4 Å². The molecule has 8 heteroatoms. The van der Waals surface area contributed by atoms with Gasteiger partial charge in [0.1, 0.15) is 0 Å². The SMILES string of the molecule is CCc1ccccc1NC(=O)CSc1nnc(NC(=O)C2CCC2)s1. The van der Waals surface area contributed by atoms with Crippen LogP contribution in [0.25, 0.3) is 0 Å². The molecule has 1 heterocycles. The van der Waals surface area contributed by atoms with Crippen molar-refractivity contribution < 1.29 is 9.59 Å². The zero-order chi connectivity index (χ0) is 17.6. The first kappa shape index (κ1) is 17.9. The average Bonchev–Trinajstić information content (AvgIpc) is 2.99. The zero-order valence-electron chi connectivity index (χ0n) is 13.9. The fraction of sp³-hybridized carbons (Fsp3) is 0.412. The van der Waals surface area contributed by atoms with Gasteiger partial charge in [-0.25, -0.2) is 0 Å². The van der Waals surface area contributed by atoms with Crippen LogP contribution in [0.4, 0.5) is 10.8 Å². The number of nitrogens with one attached hydrogen (secondary N) is 2. The summed E-state index contributed by atoms with van der Waals surface area (Å²) in [6.07, 6.45) is 3.88. The highest BCUT2D eigenvalue weighted by Crippen LogP contribution is 2.30. The number of hydrogen-bond donors (Lipinski definition) is 2. The molecular formula is C17H20N4O2S2. The fourth-order valence-corrected chi connectivity index (χ4v) is 4.02. The maximum Gasteiger partial charge on any atom is 0.234 e. The molecule has 1 fully saturated rings. The van der Waals surface area contributed by atoms with Crippen molar-refractivity contribution >= 4 is 45.7 Å². The molecule has 0 radical (unpaired) electrons. The molecule has 1 aromatic heterocycles. The Kier molecular flexibility index (Phi) is 6.04. The summed E-state index contributed by atoms with van der Waals surface area (Å²) in [4.78, 5) is 24.0. The van der Waals surface area contributed by atoms with Gasteiger partial charge in [-0.05, 0) is 30.9 Å². The average molecular weight is 377 g/mol. The van der Waals surface area contributed by atoms with E-state index in [0.29, 0.717) is 9.47 Å². The van der Waals surface area contributed by atoms with Gasteiger partial charge >= 0.3 is 0 Å². The van der Waals surface area contributed by atoms with Crippen LogP contribution < -0.4 is 10.6 Å². The lowest BCUT2D eigenvalue weighted by Crippen LogP contribution is -2.27. The van der Waals surface area contributed by atoms with Crippen LogP contribution in [0.2, 0.25) is 0 Å². The third kappa shape index (κ3) is 4.79. The first-order valence-electron chi connectivity index (χ1n) is 8.30. The van der Waals surface area contributed by atoms with Gasteiger partial charge in [-0.3, -0.25) is 9.59 Å². The lowest BCUT2D eigenvalue weighted by Gasteiger charge is -2.23. The van der Waals surface area contributed by atoms with E-state index >= 15 is 0 Å². The number of aryl methyl sites for hydroxylation is 1. The Morgan fingerprint density at radius 1 is 1.24 bits per heavy atom. The van der Waals surface area contributed by atoms with Gasteiger partial charge < -0.3 is 10.6 Å². The molecule has 0 aliphatic heterocycles. The third-order valence-corrected chi connectivity index (χ3v) is 6.08. The van der Waals surface area contributed by atoms with Crippen molar-refractivity contribution in [2.45, 2.75) is 36.9 Å². The van der Waals surface area contributed by atoms with E-state index < -0.39 is 0 Å². The Hall–Kier alpha value is -1.93. The molecule has 0 bridgehead atoms. The second kappa shape index (κ2) is 8.44. The zero-order valence-corrected chi connectivity index (χ0v) is 15.6. The summed E-state index contributed by atoms with van der Waals surface area (Å²) in [6.45, 7) is 2.06. The van der Waals surface area contributed by atoms with Crippen LogP contribution >= 0.6 is 23.1 Å². The number of thioether (sulfide) groups is 1. The molecule has 0 spiro atoms. The van der Waals surface area contributed by atoms with Crippen LogP contribution in [0.15, 0.2) is 28.6 Å². The highest BCUT2D eigenvalue weighted by Gasteiger charge is 2.26. The highest BCUT2D eigenvalue weighted by molar-refractivity contribution is 8.01. The van der Waals surface area contributed by atoms with Crippen molar-refractivity contribution in [1.29, 1.82) is 0 Å². The van der Waals surface area contributed by atoms with Crippen molar-refractivity contribution in [3.8, 4) is 0 Å². The largest absolute Gasteiger partial charge is 0.325 e. The molecule has 1 saturated carbocycles. The molecule has 132 valence electrons. The number of carbonyl (C=O) groups is 2. The minimum Gasteiger partial charge on any atom is -0.325 e. The van der Waals surface area contributed by atoms with E-state index in [9.17, 15) is 9.59 Å². The lowest BCUT2D eigenvalue weighted by molar-refractivity contribution is -0.122. The van der Waals surface area contributed by atoms with Crippen LogP contribution in [0.1, 0.15) is 31.7 Å². The van der Waals surface area contributed by atoms with Crippen molar-refractivity contribution in [1.82, 2.24) is 10.2 Å². The number of hydrogen-bond acceptors (Lipinski definition) is 6. The summed E-state index contributed by atoms with van der Waals surface area (Å²) in [5, 5.41) is 14.2. The number of carbonyl (C=O) groups excluding carboxylic acids is 2. The smallest absolute Gasteiger partial charge is 0.234 e. The Morgan fingerprint density at radius 2 is 2.04 bits per heavy atom. The highest BCUT2D eigenvalue weighted by atomic mass is 32.2. The quantitative estimate of drug-likeness (QED) is 0.570. The van der Waals surface area contributed by atoms with Crippen LogP contribution in [-0.2, 0) is 16.0 Å². The van der Waals surface area contributed by atoms with Crippen molar-refractivity contribution in [2.24, 2.45) is 5.92 Å². The second-order valence-electron chi connectivity index (χ2n) is 5.84. The topological polar surface area (TPSA) is 84.0 Å². The van der Waals surface area contributed by atoms with E-state index in [2.05, 4.69) is 27.8 Å². The van der Waals surface area contributed by atoms with Gasteiger partial charge in [-0.1, -0.05) is 54.6 Å². The maximum atomic E-state index is 12.1. The Balaban J connectivity index is 1.48. The molecule has 2 aromatic rings. The number of aromatic nitrogens is 2. The maximum absolute atomic E-state index is 12.1. The predicted octanol–water partition coefficient (Wildman–Crippen LogP) is 3.57. The molecule has 6 nitrogen and oxygen atoms in total. The van der Waals surface area contributed by atoms with Gasteiger partial charge in [-0.2, -0.15) is 0 Å². The number of anilines is 2. The fourth-order valence-electron chi connectivity index (χ4n) is 2.46. The summed E-state index contributed by atoms with van der Waals surface area (Å²) in [5.74, 6) is 0.307. The molecule has 0 unspecified atom stereocenters. The van der Waals surface area contributed by atoms with Gasteiger partial charge in [0.25, 0.3) is 0 Å². The van der Waals surface area contributed by atoms with Crippen LogP contribution in [0, 0.1) is 5.92 Å². The lowest BCUT2D eigenvalue weighted by atomic mass is 9.85. The monoisotopic (exact) mass is 376 g/mol. The van der Waals surface area contributed by atoms with E-state index in [1.807, 2.05) is 24.3 Å². The van der Waals surface area contributed by atoms with E-state index in [1.54, 1.807) is 0 Å². The van der Waals surface area contributed by atoms with E-state index in [0.717, 1.165) is 36.9 Å². The number of para-hydroxylation sites is 1. The number of nitrogens with zero attached hydrogens (tertiary/aromatic N) is 2. The normalized spacial score (nSPS) is 14.0. The van der Waals surface area contributed by atoms with Crippen molar-refractivity contribution in [3.05, 3.63) is 29.8 Å². The Labute approximate surface area is 154 Å². The van der Waals surface area contributed by atoms with Gasteiger partial charge in [0, 0.05) is 11.6 Å². The van der Waals surface area contributed by atoms with Crippen molar-refractivity contribution in [3.63, 3.8) is 0 Å². The molecular weight excluding hydrogens is 356 g/mol. The molecule has 2 N–H and O–H groups in total.